The van der Waals surface area contributed by atoms with E-state index < -0.39 is 10.0 Å². The van der Waals surface area contributed by atoms with Gasteiger partial charge in [0.15, 0.2) is 0 Å². The van der Waals surface area contributed by atoms with Crippen molar-refractivity contribution >= 4 is 10.0 Å². The fourth-order valence-corrected chi connectivity index (χ4v) is 4.25. The minimum absolute atomic E-state index is 0.213. The minimum atomic E-state index is -3.08. The van der Waals surface area contributed by atoms with Crippen LogP contribution in [0.2, 0.25) is 0 Å². The first-order valence-corrected chi connectivity index (χ1v) is 7.92. The molecule has 1 rings (SSSR count). The molecular weight excluding hydrogens is 224 g/mol. The summed E-state index contributed by atoms with van der Waals surface area (Å²) in [5.74, 6) is 0.278. The van der Waals surface area contributed by atoms with Gasteiger partial charge in [-0.05, 0) is 19.3 Å². The summed E-state index contributed by atoms with van der Waals surface area (Å²) in [5, 5.41) is 0. The first-order chi connectivity index (χ1) is 7.61. The molecule has 16 heavy (non-hydrogen) atoms. The third-order valence-electron chi connectivity index (χ3n) is 3.19. The highest BCUT2D eigenvalue weighted by molar-refractivity contribution is 7.89. The molecule has 4 nitrogen and oxygen atoms in total. The van der Waals surface area contributed by atoms with E-state index in [1.165, 1.54) is 0 Å². The zero-order valence-corrected chi connectivity index (χ0v) is 11.0. The molecule has 0 unspecified atom stereocenters. The van der Waals surface area contributed by atoms with Gasteiger partial charge in [0.05, 0.1) is 5.75 Å². The second kappa shape index (κ2) is 6.57. The molecule has 0 atom stereocenters. The van der Waals surface area contributed by atoms with Crippen LogP contribution in [0.4, 0.5) is 0 Å². The maximum absolute atomic E-state index is 12.1. The molecule has 0 heterocycles. The largest absolute Gasteiger partial charge is 0.329 e. The number of nitrogens with zero attached hydrogens (tertiary/aromatic N) is 1. The number of rotatable bonds is 7. The van der Waals surface area contributed by atoms with E-state index in [9.17, 15) is 8.42 Å². The molecule has 0 aromatic heterocycles. The van der Waals surface area contributed by atoms with Gasteiger partial charge in [0, 0.05) is 19.1 Å². The summed E-state index contributed by atoms with van der Waals surface area (Å²) in [6.07, 6.45) is 5.97. The van der Waals surface area contributed by atoms with Crippen LogP contribution in [0.5, 0.6) is 0 Å². The number of unbranched alkanes of at least 4 members (excludes halogenated alkanes) is 1. The Hall–Kier alpha value is -0.130. The van der Waals surface area contributed by atoms with Crippen molar-refractivity contribution < 1.29 is 8.42 Å². The summed E-state index contributed by atoms with van der Waals surface area (Å²) >= 11 is 0. The van der Waals surface area contributed by atoms with Gasteiger partial charge in [0.25, 0.3) is 0 Å². The van der Waals surface area contributed by atoms with E-state index in [0.717, 1.165) is 38.5 Å². The molecule has 0 bridgehead atoms. The van der Waals surface area contributed by atoms with E-state index in [1.807, 2.05) is 6.92 Å². The molecule has 0 saturated heterocycles. The molecule has 0 radical (unpaired) electrons. The predicted octanol–water partition coefficient (Wildman–Crippen LogP) is 1.32. The zero-order valence-electron chi connectivity index (χ0n) is 10.2. The standard InChI is InChI=1S/C11H24N2O2S/c1-2-3-10-16(14,15)13(9-8-12)11-6-4-5-7-11/h11H,2-10,12H2,1H3. The normalized spacial score (nSPS) is 18.4. The van der Waals surface area contributed by atoms with Crippen molar-refractivity contribution in [1.82, 2.24) is 4.31 Å². The van der Waals surface area contributed by atoms with E-state index in [0.29, 0.717) is 13.1 Å². The SMILES string of the molecule is CCCCS(=O)(=O)N(CCN)C1CCCC1. The maximum Gasteiger partial charge on any atom is 0.214 e. The second-order valence-corrected chi connectivity index (χ2v) is 6.55. The lowest BCUT2D eigenvalue weighted by Crippen LogP contribution is -2.43. The van der Waals surface area contributed by atoms with Gasteiger partial charge in [-0.25, -0.2) is 8.42 Å². The molecular formula is C11H24N2O2S. The van der Waals surface area contributed by atoms with Gasteiger partial charge in [0.2, 0.25) is 10.0 Å². The molecule has 1 aliphatic rings. The molecule has 1 fully saturated rings. The van der Waals surface area contributed by atoms with E-state index in [2.05, 4.69) is 0 Å². The summed E-state index contributed by atoms with van der Waals surface area (Å²) in [6, 6.07) is 0.213. The highest BCUT2D eigenvalue weighted by Gasteiger charge is 2.30. The molecule has 0 aliphatic heterocycles. The number of nitrogens with two attached hydrogens (primary N) is 1. The Balaban J connectivity index is 2.67. The van der Waals surface area contributed by atoms with Crippen molar-refractivity contribution in [2.24, 2.45) is 5.73 Å². The van der Waals surface area contributed by atoms with Crippen LogP contribution >= 0.6 is 0 Å². The Labute approximate surface area is 99.2 Å². The van der Waals surface area contributed by atoms with Crippen molar-refractivity contribution in [3.8, 4) is 0 Å². The minimum Gasteiger partial charge on any atom is -0.329 e. The first-order valence-electron chi connectivity index (χ1n) is 6.31. The Kier molecular flexibility index (Phi) is 5.72. The van der Waals surface area contributed by atoms with E-state index in [1.54, 1.807) is 4.31 Å². The molecule has 0 aromatic rings. The van der Waals surface area contributed by atoms with Crippen LogP contribution in [0.1, 0.15) is 45.4 Å². The summed E-state index contributed by atoms with van der Waals surface area (Å²) in [7, 11) is -3.08. The van der Waals surface area contributed by atoms with Crippen LogP contribution in [-0.4, -0.2) is 37.6 Å². The number of hydrogen-bond acceptors (Lipinski definition) is 3. The second-order valence-electron chi connectivity index (χ2n) is 4.51. The number of hydrogen-bond donors (Lipinski definition) is 1. The lowest BCUT2D eigenvalue weighted by Gasteiger charge is -2.27. The topological polar surface area (TPSA) is 63.4 Å². The van der Waals surface area contributed by atoms with E-state index in [4.69, 9.17) is 5.73 Å². The third-order valence-corrected chi connectivity index (χ3v) is 5.19. The van der Waals surface area contributed by atoms with E-state index in [-0.39, 0.29) is 11.8 Å². The Bertz CT molecular complexity index is 284. The first kappa shape index (κ1) is 13.9. The van der Waals surface area contributed by atoms with Crippen LogP contribution in [0.25, 0.3) is 0 Å². The lowest BCUT2D eigenvalue weighted by molar-refractivity contribution is 0.328. The molecule has 96 valence electrons. The van der Waals surface area contributed by atoms with Crippen molar-refractivity contribution in [3.05, 3.63) is 0 Å². The van der Waals surface area contributed by atoms with Crippen LogP contribution < -0.4 is 5.73 Å². The van der Waals surface area contributed by atoms with Crippen molar-refractivity contribution in [2.75, 3.05) is 18.8 Å². The highest BCUT2D eigenvalue weighted by atomic mass is 32.2. The predicted molar refractivity (Wildman–Crippen MR) is 66.7 cm³/mol. The average Bonchev–Trinajstić information content (AvgIpc) is 2.76. The summed E-state index contributed by atoms with van der Waals surface area (Å²) < 4.78 is 25.9. The Morgan fingerprint density at radius 2 is 1.94 bits per heavy atom. The Morgan fingerprint density at radius 1 is 1.31 bits per heavy atom. The van der Waals surface area contributed by atoms with E-state index >= 15 is 0 Å². The van der Waals surface area contributed by atoms with Gasteiger partial charge in [-0.1, -0.05) is 26.2 Å². The molecule has 2 N–H and O–H groups in total. The van der Waals surface area contributed by atoms with Crippen LogP contribution in [0.15, 0.2) is 0 Å². The molecule has 5 heteroatoms. The third kappa shape index (κ3) is 3.71. The van der Waals surface area contributed by atoms with Crippen LogP contribution in [0.3, 0.4) is 0 Å². The summed E-state index contributed by atoms with van der Waals surface area (Å²) in [4.78, 5) is 0. The molecule has 1 saturated carbocycles. The fourth-order valence-electron chi connectivity index (χ4n) is 2.31. The fraction of sp³-hybridized carbons (Fsp3) is 1.00. The van der Waals surface area contributed by atoms with Gasteiger partial charge in [0.1, 0.15) is 0 Å². The van der Waals surface area contributed by atoms with Gasteiger partial charge < -0.3 is 5.73 Å². The smallest absolute Gasteiger partial charge is 0.214 e. The average molecular weight is 248 g/mol. The molecule has 1 aliphatic carbocycles. The van der Waals surface area contributed by atoms with Gasteiger partial charge >= 0.3 is 0 Å². The summed E-state index contributed by atoms with van der Waals surface area (Å²) in [6.45, 7) is 2.91. The number of sulfonamides is 1. The highest BCUT2D eigenvalue weighted by Crippen LogP contribution is 2.25. The molecule has 0 amide bonds. The van der Waals surface area contributed by atoms with Crippen LogP contribution in [0, 0.1) is 0 Å². The zero-order chi connectivity index (χ0) is 12.0. The maximum atomic E-state index is 12.1. The Morgan fingerprint density at radius 3 is 2.44 bits per heavy atom. The van der Waals surface area contributed by atoms with Crippen molar-refractivity contribution in [3.63, 3.8) is 0 Å². The van der Waals surface area contributed by atoms with Gasteiger partial charge in [-0.2, -0.15) is 4.31 Å². The molecule has 0 aromatic carbocycles. The molecule has 0 spiro atoms. The lowest BCUT2D eigenvalue weighted by atomic mass is 10.2. The van der Waals surface area contributed by atoms with Gasteiger partial charge in [-0.3, -0.25) is 0 Å². The van der Waals surface area contributed by atoms with Gasteiger partial charge in [-0.15, -0.1) is 0 Å². The van der Waals surface area contributed by atoms with Crippen molar-refractivity contribution in [2.45, 2.75) is 51.5 Å². The monoisotopic (exact) mass is 248 g/mol. The quantitative estimate of drug-likeness (QED) is 0.739. The summed E-state index contributed by atoms with van der Waals surface area (Å²) in [5.41, 5.74) is 5.52. The van der Waals surface area contributed by atoms with Crippen LogP contribution in [-0.2, 0) is 10.0 Å². The van der Waals surface area contributed by atoms with Crippen molar-refractivity contribution in [1.29, 1.82) is 0 Å².